The SMILES string of the molecule is CCC(Oc1ccc(C=Cc2ccc(N=NN(C)C)cc2)cc1)C(=O)O. The number of rotatable bonds is 8. The standard InChI is InChI=1S/C20H23N3O3/c1-4-19(20(24)25)26-18-13-9-16(10-14-18)6-5-15-7-11-17(12-8-15)21-22-23(2)3/h5-14,19H,4H2,1-3H3,(H,24,25). The van der Waals surface area contributed by atoms with Gasteiger partial charge in [0.25, 0.3) is 0 Å². The molecule has 136 valence electrons. The van der Waals surface area contributed by atoms with Crippen LogP contribution < -0.4 is 4.74 Å². The highest BCUT2D eigenvalue weighted by molar-refractivity contribution is 5.73. The van der Waals surface area contributed by atoms with E-state index in [2.05, 4.69) is 10.3 Å². The van der Waals surface area contributed by atoms with E-state index in [4.69, 9.17) is 9.84 Å². The van der Waals surface area contributed by atoms with E-state index in [0.717, 1.165) is 16.8 Å². The minimum Gasteiger partial charge on any atom is -0.479 e. The van der Waals surface area contributed by atoms with Crippen molar-refractivity contribution in [3.63, 3.8) is 0 Å². The lowest BCUT2D eigenvalue weighted by Crippen LogP contribution is -2.25. The molecule has 0 aromatic heterocycles. The number of carboxylic acids is 1. The second kappa shape index (κ2) is 9.36. The number of carbonyl (C=O) groups is 1. The van der Waals surface area contributed by atoms with E-state index >= 15 is 0 Å². The number of hydrogen-bond acceptors (Lipinski definition) is 4. The number of nitrogens with zero attached hydrogens (tertiary/aromatic N) is 3. The van der Waals surface area contributed by atoms with Crippen molar-refractivity contribution in [2.45, 2.75) is 19.4 Å². The highest BCUT2D eigenvalue weighted by Gasteiger charge is 2.16. The molecule has 0 aliphatic heterocycles. The van der Waals surface area contributed by atoms with Crippen LogP contribution in [0, 0.1) is 0 Å². The quantitative estimate of drug-likeness (QED) is 0.425. The Hall–Kier alpha value is -3.15. The van der Waals surface area contributed by atoms with Gasteiger partial charge in [0.2, 0.25) is 0 Å². The van der Waals surface area contributed by atoms with Crippen molar-refractivity contribution in [3.05, 3.63) is 59.7 Å². The van der Waals surface area contributed by atoms with E-state index in [1.54, 1.807) is 24.1 Å². The van der Waals surface area contributed by atoms with Crippen molar-refractivity contribution in [1.29, 1.82) is 0 Å². The van der Waals surface area contributed by atoms with Gasteiger partial charge in [-0.25, -0.2) is 4.79 Å². The summed E-state index contributed by atoms with van der Waals surface area (Å²) in [4.78, 5) is 11.0. The largest absolute Gasteiger partial charge is 0.479 e. The fraction of sp³-hybridized carbons (Fsp3) is 0.250. The maximum atomic E-state index is 11.0. The van der Waals surface area contributed by atoms with Gasteiger partial charge >= 0.3 is 5.97 Å². The topological polar surface area (TPSA) is 74.5 Å². The predicted molar refractivity (Wildman–Crippen MR) is 102 cm³/mol. The lowest BCUT2D eigenvalue weighted by Gasteiger charge is -2.12. The molecule has 0 aliphatic rings. The Bertz CT molecular complexity index is 766. The maximum Gasteiger partial charge on any atom is 0.344 e. The molecule has 0 saturated carbocycles. The minimum atomic E-state index is -0.954. The van der Waals surface area contributed by atoms with E-state index in [-0.39, 0.29) is 0 Å². The van der Waals surface area contributed by atoms with E-state index < -0.39 is 12.1 Å². The highest BCUT2D eigenvalue weighted by Crippen LogP contribution is 2.18. The molecule has 0 amide bonds. The van der Waals surface area contributed by atoms with Crippen molar-refractivity contribution < 1.29 is 14.6 Å². The summed E-state index contributed by atoms with van der Waals surface area (Å²) in [6, 6.07) is 15.1. The van der Waals surface area contributed by atoms with Crippen molar-refractivity contribution >= 4 is 23.8 Å². The highest BCUT2D eigenvalue weighted by atomic mass is 16.5. The molecule has 1 N–H and O–H groups in total. The summed E-state index contributed by atoms with van der Waals surface area (Å²) < 4.78 is 5.45. The van der Waals surface area contributed by atoms with Crippen molar-refractivity contribution in [2.24, 2.45) is 10.3 Å². The number of benzene rings is 2. The van der Waals surface area contributed by atoms with Gasteiger partial charge in [-0.15, -0.1) is 5.11 Å². The summed E-state index contributed by atoms with van der Waals surface area (Å²) in [6.07, 6.45) is 3.57. The summed E-state index contributed by atoms with van der Waals surface area (Å²) in [5.41, 5.74) is 2.84. The van der Waals surface area contributed by atoms with Gasteiger partial charge in [-0.1, -0.05) is 48.6 Å². The molecular formula is C20H23N3O3. The zero-order chi connectivity index (χ0) is 18.9. The van der Waals surface area contributed by atoms with Crippen molar-refractivity contribution in [1.82, 2.24) is 5.01 Å². The average molecular weight is 353 g/mol. The summed E-state index contributed by atoms with van der Waals surface area (Å²) in [7, 11) is 3.64. The minimum absolute atomic E-state index is 0.418. The zero-order valence-electron chi connectivity index (χ0n) is 15.2. The van der Waals surface area contributed by atoms with Crippen LogP contribution >= 0.6 is 0 Å². The molecule has 1 atom stereocenters. The van der Waals surface area contributed by atoms with Crippen LogP contribution in [0.4, 0.5) is 5.69 Å². The van der Waals surface area contributed by atoms with Gasteiger partial charge in [0.1, 0.15) is 5.75 Å². The molecule has 26 heavy (non-hydrogen) atoms. The molecule has 6 nitrogen and oxygen atoms in total. The Morgan fingerprint density at radius 2 is 1.62 bits per heavy atom. The first kappa shape index (κ1) is 19.2. The summed E-state index contributed by atoms with van der Waals surface area (Å²) in [5.74, 6) is -0.406. The Labute approximate surface area is 153 Å². The fourth-order valence-corrected chi connectivity index (χ4v) is 2.12. The third-order valence-corrected chi connectivity index (χ3v) is 3.51. The lowest BCUT2D eigenvalue weighted by atomic mass is 10.1. The number of hydrogen-bond donors (Lipinski definition) is 1. The van der Waals surface area contributed by atoms with Crippen LogP contribution in [0.5, 0.6) is 5.75 Å². The second-order valence-electron chi connectivity index (χ2n) is 5.88. The van der Waals surface area contributed by atoms with Crippen LogP contribution in [0.3, 0.4) is 0 Å². The normalized spacial score (nSPS) is 12.4. The number of ether oxygens (including phenoxy) is 1. The molecule has 0 spiro atoms. The van der Waals surface area contributed by atoms with Gasteiger partial charge in [-0.05, 0) is 41.8 Å². The first-order valence-corrected chi connectivity index (χ1v) is 8.34. The molecule has 2 aromatic rings. The van der Waals surface area contributed by atoms with Gasteiger partial charge in [-0.3, -0.25) is 5.01 Å². The molecule has 2 rings (SSSR count). The van der Waals surface area contributed by atoms with Gasteiger partial charge in [0, 0.05) is 14.1 Å². The summed E-state index contributed by atoms with van der Waals surface area (Å²) in [6.45, 7) is 1.78. The third kappa shape index (κ3) is 6.05. The monoisotopic (exact) mass is 353 g/mol. The molecule has 6 heteroatoms. The molecule has 0 heterocycles. The van der Waals surface area contributed by atoms with E-state index in [1.807, 2.05) is 62.6 Å². The van der Waals surface area contributed by atoms with Crippen molar-refractivity contribution in [3.8, 4) is 5.75 Å². The summed E-state index contributed by atoms with van der Waals surface area (Å²) >= 11 is 0. The second-order valence-corrected chi connectivity index (χ2v) is 5.88. The Morgan fingerprint density at radius 3 is 2.08 bits per heavy atom. The Kier molecular flexibility index (Phi) is 6.91. The average Bonchev–Trinajstić information content (AvgIpc) is 2.64. The van der Waals surface area contributed by atoms with Gasteiger partial charge in [-0.2, -0.15) is 0 Å². The lowest BCUT2D eigenvalue weighted by molar-refractivity contribution is -0.145. The van der Waals surface area contributed by atoms with Gasteiger partial charge in [0.15, 0.2) is 6.10 Å². The van der Waals surface area contributed by atoms with Crippen LogP contribution in [0.15, 0.2) is 58.9 Å². The molecule has 0 radical (unpaired) electrons. The third-order valence-electron chi connectivity index (χ3n) is 3.51. The molecule has 0 bridgehead atoms. The Morgan fingerprint density at radius 1 is 1.08 bits per heavy atom. The zero-order valence-corrected chi connectivity index (χ0v) is 15.2. The molecule has 1 unspecified atom stereocenters. The number of aliphatic carboxylic acids is 1. The fourth-order valence-electron chi connectivity index (χ4n) is 2.12. The van der Waals surface area contributed by atoms with E-state index in [9.17, 15) is 4.79 Å². The molecular weight excluding hydrogens is 330 g/mol. The van der Waals surface area contributed by atoms with Crippen LogP contribution in [0.25, 0.3) is 12.2 Å². The van der Waals surface area contributed by atoms with E-state index in [0.29, 0.717) is 12.2 Å². The van der Waals surface area contributed by atoms with Gasteiger partial charge < -0.3 is 9.84 Å². The molecule has 0 aliphatic carbocycles. The van der Waals surface area contributed by atoms with Gasteiger partial charge in [0.05, 0.1) is 5.69 Å². The van der Waals surface area contributed by atoms with E-state index in [1.165, 1.54) is 0 Å². The maximum absolute atomic E-state index is 11.0. The molecule has 0 fully saturated rings. The molecule has 0 saturated heterocycles. The first-order chi connectivity index (χ1) is 12.5. The number of carboxylic acid groups (broad SMARTS) is 1. The first-order valence-electron chi connectivity index (χ1n) is 8.34. The smallest absolute Gasteiger partial charge is 0.344 e. The van der Waals surface area contributed by atoms with Crippen LogP contribution in [0.1, 0.15) is 24.5 Å². The van der Waals surface area contributed by atoms with Crippen molar-refractivity contribution in [2.75, 3.05) is 14.1 Å². The van der Waals surface area contributed by atoms with Crippen LogP contribution in [-0.4, -0.2) is 36.3 Å². The van der Waals surface area contributed by atoms with Crippen LogP contribution in [0.2, 0.25) is 0 Å². The summed E-state index contributed by atoms with van der Waals surface area (Å²) in [5, 5.41) is 18.7. The Balaban J connectivity index is 1.98. The predicted octanol–water partition coefficient (Wildman–Crippen LogP) is 4.66. The molecule has 2 aromatic carbocycles. The van der Waals surface area contributed by atoms with Crippen LogP contribution in [-0.2, 0) is 4.79 Å².